The van der Waals surface area contributed by atoms with Crippen molar-refractivity contribution in [2.24, 2.45) is 7.05 Å². The zero-order chi connectivity index (χ0) is 20.1. The number of hydrogen-bond acceptors (Lipinski definition) is 6. The number of hydrogen-bond donors (Lipinski definition) is 0. The second-order valence-electron chi connectivity index (χ2n) is 7.09. The monoisotopic (exact) mass is 392 g/mol. The van der Waals surface area contributed by atoms with Gasteiger partial charge in [-0.3, -0.25) is 9.69 Å². The van der Waals surface area contributed by atoms with Crippen molar-refractivity contribution >= 4 is 5.91 Å². The summed E-state index contributed by atoms with van der Waals surface area (Å²) < 4.78 is 7.31. The summed E-state index contributed by atoms with van der Waals surface area (Å²) in [6.07, 6.45) is 0. The van der Waals surface area contributed by atoms with Crippen LogP contribution in [0.2, 0.25) is 0 Å². The van der Waals surface area contributed by atoms with Crippen molar-refractivity contribution in [2.45, 2.75) is 13.2 Å². The zero-order valence-electron chi connectivity index (χ0n) is 16.4. The summed E-state index contributed by atoms with van der Waals surface area (Å²) in [7, 11) is 1.76. The molecule has 1 fully saturated rings. The molecule has 4 rings (SSSR count). The highest BCUT2D eigenvalue weighted by Crippen LogP contribution is 2.17. The van der Waals surface area contributed by atoms with Crippen LogP contribution in [0.1, 0.15) is 21.7 Å². The maximum Gasteiger partial charge on any atom is 0.254 e. The van der Waals surface area contributed by atoms with Crippen LogP contribution in [0.4, 0.5) is 0 Å². The second-order valence-corrected chi connectivity index (χ2v) is 7.09. The number of tetrazole rings is 1. The summed E-state index contributed by atoms with van der Waals surface area (Å²) in [4.78, 5) is 17.2. The summed E-state index contributed by atoms with van der Waals surface area (Å²) >= 11 is 0. The highest BCUT2D eigenvalue weighted by atomic mass is 16.5. The molecule has 150 valence electrons. The molecule has 0 N–H and O–H groups in total. The Morgan fingerprint density at radius 1 is 1.03 bits per heavy atom. The van der Waals surface area contributed by atoms with Gasteiger partial charge in [-0.25, -0.2) is 4.68 Å². The molecule has 0 aliphatic carbocycles. The second kappa shape index (κ2) is 8.83. The van der Waals surface area contributed by atoms with E-state index >= 15 is 0 Å². The summed E-state index contributed by atoms with van der Waals surface area (Å²) in [5, 5.41) is 11.3. The molecule has 1 saturated heterocycles. The van der Waals surface area contributed by atoms with Crippen molar-refractivity contribution in [2.75, 3.05) is 26.2 Å². The van der Waals surface area contributed by atoms with Gasteiger partial charge in [-0.05, 0) is 34.2 Å². The number of piperazine rings is 1. The number of nitrogens with zero attached hydrogens (tertiary/aromatic N) is 6. The predicted octanol–water partition coefficient (Wildman–Crippen LogP) is 1.75. The third-order valence-electron chi connectivity index (χ3n) is 5.07. The molecule has 0 saturated carbocycles. The van der Waals surface area contributed by atoms with E-state index in [1.807, 2.05) is 29.2 Å². The van der Waals surface area contributed by atoms with E-state index in [9.17, 15) is 4.79 Å². The van der Waals surface area contributed by atoms with Crippen LogP contribution in [0.15, 0.2) is 54.6 Å². The first kappa shape index (κ1) is 19.1. The predicted molar refractivity (Wildman–Crippen MR) is 107 cm³/mol. The normalized spacial score (nSPS) is 14.7. The number of carbonyl (C=O) groups excluding carboxylic acids is 1. The Bertz CT molecular complexity index is 951. The molecule has 8 nitrogen and oxygen atoms in total. The number of ether oxygens (including phenoxy) is 1. The molecule has 8 heteroatoms. The van der Waals surface area contributed by atoms with Crippen molar-refractivity contribution < 1.29 is 9.53 Å². The Labute approximate surface area is 169 Å². The summed E-state index contributed by atoms with van der Waals surface area (Å²) in [5.41, 5.74) is 1.94. The average molecular weight is 392 g/mol. The molecule has 0 bridgehead atoms. The SMILES string of the molecule is Cn1nnnc1COc1cccc(C(=O)N2CCN(Cc3ccccc3)CC2)c1. The molecule has 2 heterocycles. The van der Waals surface area contributed by atoms with Gasteiger partial charge in [0.1, 0.15) is 12.4 Å². The van der Waals surface area contributed by atoms with Crippen LogP contribution in [0.3, 0.4) is 0 Å². The highest BCUT2D eigenvalue weighted by molar-refractivity contribution is 5.94. The smallest absolute Gasteiger partial charge is 0.254 e. The third kappa shape index (κ3) is 4.78. The maximum atomic E-state index is 12.9. The highest BCUT2D eigenvalue weighted by Gasteiger charge is 2.22. The average Bonchev–Trinajstić information content (AvgIpc) is 3.18. The van der Waals surface area contributed by atoms with Gasteiger partial charge in [0.15, 0.2) is 5.82 Å². The first-order valence-electron chi connectivity index (χ1n) is 9.69. The van der Waals surface area contributed by atoms with Gasteiger partial charge < -0.3 is 9.64 Å². The molecule has 0 atom stereocenters. The quantitative estimate of drug-likeness (QED) is 0.636. The first-order valence-corrected chi connectivity index (χ1v) is 9.69. The fraction of sp³-hybridized carbons (Fsp3) is 0.333. The number of carbonyl (C=O) groups is 1. The lowest BCUT2D eigenvalue weighted by atomic mass is 10.1. The van der Waals surface area contributed by atoms with E-state index in [0.29, 0.717) is 17.1 Å². The van der Waals surface area contributed by atoms with Crippen LogP contribution in [0.5, 0.6) is 5.75 Å². The number of benzene rings is 2. The maximum absolute atomic E-state index is 12.9. The molecule has 1 aromatic heterocycles. The van der Waals surface area contributed by atoms with E-state index in [1.54, 1.807) is 17.8 Å². The van der Waals surface area contributed by atoms with E-state index in [1.165, 1.54) is 5.56 Å². The molecule has 0 spiro atoms. The number of rotatable bonds is 6. The molecular formula is C21H24N6O2. The van der Waals surface area contributed by atoms with Crippen molar-refractivity contribution in [1.29, 1.82) is 0 Å². The Balaban J connectivity index is 1.32. The van der Waals surface area contributed by atoms with Gasteiger partial charge in [-0.15, -0.1) is 5.10 Å². The number of aryl methyl sites for hydroxylation is 1. The number of aromatic nitrogens is 4. The summed E-state index contributed by atoms with van der Waals surface area (Å²) in [5.74, 6) is 1.29. The van der Waals surface area contributed by atoms with Gasteiger partial charge in [0.05, 0.1) is 0 Å². The van der Waals surface area contributed by atoms with E-state index in [4.69, 9.17) is 4.74 Å². The summed E-state index contributed by atoms with van der Waals surface area (Å²) in [6, 6.07) is 17.7. The Hall–Kier alpha value is -3.26. The van der Waals surface area contributed by atoms with E-state index < -0.39 is 0 Å². The molecule has 29 heavy (non-hydrogen) atoms. The molecule has 1 aliphatic heterocycles. The Morgan fingerprint density at radius 3 is 2.55 bits per heavy atom. The van der Waals surface area contributed by atoms with Crippen molar-refractivity contribution in [3.8, 4) is 5.75 Å². The topological polar surface area (TPSA) is 76.4 Å². The fourth-order valence-corrected chi connectivity index (χ4v) is 3.37. The lowest BCUT2D eigenvalue weighted by molar-refractivity contribution is 0.0628. The lowest BCUT2D eigenvalue weighted by Crippen LogP contribution is -2.48. The van der Waals surface area contributed by atoms with Gasteiger partial charge in [-0.2, -0.15) is 0 Å². The van der Waals surface area contributed by atoms with E-state index in [0.717, 1.165) is 32.7 Å². The van der Waals surface area contributed by atoms with Gasteiger partial charge in [0.2, 0.25) is 0 Å². The molecule has 3 aromatic rings. The van der Waals surface area contributed by atoms with Crippen LogP contribution >= 0.6 is 0 Å². The van der Waals surface area contributed by atoms with Crippen LogP contribution in [0.25, 0.3) is 0 Å². The zero-order valence-corrected chi connectivity index (χ0v) is 16.4. The Morgan fingerprint density at radius 2 is 1.83 bits per heavy atom. The number of amides is 1. The van der Waals surface area contributed by atoms with Crippen LogP contribution in [0, 0.1) is 0 Å². The largest absolute Gasteiger partial charge is 0.486 e. The third-order valence-corrected chi connectivity index (χ3v) is 5.07. The fourth-order valence-electron chi connectivity index (χ4n) is 3.37. The van der Waals surface area contributed by atoms with E-state index in [2.05, 4.69) is 44.7 Å². The molecule has 2 aromatic carbocycles. The van der Waals surface area contributed by atoms with Gasteiger partial charge in [0, 0.05) is 45.3 Å². The minimum absolute atomic E-state index is 0.0372. The minimum Gasteiger partial charge on any atom is -0.486 e. The van der Waals surface area contributed by atoms with Gasteiger partial charge >= 0.3 is 0 Å². The van der Waals surface area contributed by atoms with Crippen LogP contribution in [-0.2, 0) is 20.2 Å². The van der Waals surface area contributed by atoms with Crippen molar-refractivity contribution in [1.82, 2.24) is 30.0 Å². The molecular weight excluding hydrogens is 368 g/mol. The van der Waals surface area contributed by atoms with Crippen molar-refractivity contribution in [3.05, 3.63) is 71.5 Å². The summed E-state index contributed by atoms with van der Waals surface area (Å²) in [6.45, 7) is 4.36. The van der Waals surface area contributed by atoms with Crippen molar-refractivity contribution in [3.63, 3.8) is 0 Å². The van der Waals surface area contributed by atoms with Crippen LogP contribution < -0.4 is 4.74 Å². The lowest BCUT2D eigenvalue weighted by Gasteiger charge is -2.34. The minimum atomic E-state index is 0.0372. The van der Waals surface area contributed by atoms with Crippen LogP contribution in [-0.4, -0.2) is 62.1 Å². The molecule has 1 amide bonds. The van der Waals surface area contributed by atoms with Gasteiger partial charge in [0.25, 0.3) is 5.91 Å². The molecule has 1 aliphatic rings. The standard InChI is InChI=1S/C21H24N6O2/c1-25-20(22-23-24-25)16-29-19-9-5-8-18(14-19)21(28)27-12-10-26(11-13-27)15-17-6-3-2-4-7-17/h2-9,14H,10-13,15-16H2,1H3. The van der Waals surface area contributed by atoms with Gasteiger partial charge in [-0.1, -0.05) is 36.4 Å². The molecule has 0 unspecified atom stereocenters. The van der Waals surface area contributed by atoms with E-state index in [-0.39, 0.29) is 12.5 Å². The molecule has 0 radical (unpaired) electrons. The Kier molecular flexibility index (Phi) is 5.81. The first-order chi connectivity index (χ1) is 14.2.